The standard InChI is InChI=1S/C10H21N3O/c1-8(2)7-14-6-5-12-10(11)13-9-3-4-9/h8-9H,3-7H2,1-2H3,(H3,11,12,13). The molecule has 1 saturated carbocycles. The van der Waals surface area contributed by atoms with Crippen molar-refractivity contribution in [3.63, 3.8) is 0 Å². The van der Waals surface area contributed by atoms with Gasteiger partial charge in [-0.15, -0.1) is 0 Å². The molecule has 0 atom stereocenters. The summed E-state index contributed by atoms with van der Waals surface area (Å²) >= 11 is 0. The first kappa shape index (κ1) is 11.3. The molecule has 0 aromatic rings. The van der Waals surface area contributed by atoms with Crippen LogP contribution in [0.3, 0.4) is 0 Å². The number of nitrogens with zero attached hydrogens (tertiary/aromatic N) is 1. The monoisotopic (exact) mass is 199 g/mol. The molecule has 0 aromatic heterocycles. The lowest BCUT2D eigenvalue weighted by atomic mass is 10.2. The summed E-state index contributed by atoms with van der Waals surface area (Å²) in [5, 5.41) is 3.13. The van der Waals surface area contributed by atoms with Crippen LogP contribution < -0.4 is 11.1 Å². The van der Waals surface area contributed by atoms with Crippen molar-refractivity contribution in [1.29, 1.82) is 0 Å². The van der Waals surface area contributed by atoms with E-state index in [2.05, 4.69) is 24.2 Å². The second kappa shape index (κ2) is 5.86. The maximum absolute atomic E-state index is 5.64. The van der Waals surface area contributed by atoms with Gasteiger partial charge in [0, 0.05) is 12.6 Å². The predicted octanol–water partition coefficient (Wildman–Crippen LogP) is 0.726. The van der Waals surface area contributed by atoms with E-state index in [1.807, 2.05) is 0 Å². The minimum absolute atomic E-state index is 0.556. The van der Waals surface area contributed by atoms with Gasteiger partial charge in [-0.05, 0) is 18.8 Å². The highest BCUT2D eigenvalue weighted by molar-refractivity contribution is 5.78. The van der Waals surface area contributed by atoms with Crippen LogP contribution in [0.5, 0.6) is 0 Å². The molecule has 4 nitrogen and oxygen atoms in total. The second-order valence-electron chi connectivity index (χ2n) is 4.15. The van der Waals surface area contributed by atoms with Crippen LogP contribution >= 0.6 is 0 Å². The summed E-state index contributed by atoms with van der Waals surface area (Å²) in [6, 6.07) is 0.579. The maximum atomic E-state index is 5.64. The van der Waals surface area contributed by atoms with Gasteiger partial charge < -0.3 is 15.8 Å². The Kier molecular flexibility index (Phi) is 4.73. The Labute approximate surface area is 85.9 Å². The molecule has 1 aliphatic carbocycles. The van der Waals surface area contributed by atoms with Crippen LogP contribution in [0.1, 0.15) is 26.7 Å². The number of aliphatic imine (C=N–C) groups is 1. The lowest BCUT2D eigenvalue weighted by molar-refractivity contribution is 0.117. The first-order chi connectivity index (χ1) is 6.68. The molecule has 0 bridgehead atoms. The summed E-state index contributed by atoms with van der Waals surface area (Å²) in [7, 11) is 0. The zero-order valence-electron chi connectivity index (χ0n) is 9.12. The fourth-order valence-electron chi connectivity index (χ4n) is 1.03. The van der Waals surface area contributed by atoms with Crippen LogP contribution in [0, 0.1) is 5.92 Å². The van der Waals surface area contributed by atoms with Crippen LogP contribution in [0.15, 0.2) is 4.99 Å². The number of rotatable bonds is 6. The van der Waals surface area contributed by atoms with Gasteiger partial charge in [-0.3, -0.25) is 4.99 Å². The number of ether oxygens (including phenoxy) is 1. The number of nitrogens with two attached hydrogens (primary N) is 1. The smallest absolute Gasteiger partial charge is 0.188 e. The summed E-state index contributed by atoms with van der Waals surface area (Å²) in [6.45, 7) is 6.37. The molecule has 1 rings (SSSR count). The van der Waals surface area contributed by atoms with Gasteiger partial charge in [0.25, 0.3) is 0 Å². The van der Waals surface area contributed by atoms with Crippen molar-refractivity contribution in [3.8, 4) is 0 Å². The van der Waals surface area contributed by atoms with E-state index < -0.39 is 0 Å². The van der Waals surface area contributed by atoms with Crippen molar-refractivity contribution in [3.05, 3.63) is 0 Å². The third kappa shape index (κ3) is 5.80. The lowest BCUT2D eigenvalue weighted by Gasteiger charge is -2.05. The van der Waals surface area contributed by atoms with Crippen LogP contribution in [0.4, 0.5) is 0 Å². The number of nitrogens with one attached hydrogen (secondary N) is 1. The highest BCUT2D eigenvalue weighted by atomic mass is 16.5. The molecule has 0 saturated heterocycles. The topological polar surface area (TPSA) is 59.6 Å². The number of guanidine groups is 1. The molecule has 0 heterocycles. The normalized spacial score (nSPS) is 17.5. The molecule has 3 N–H and O–H groups in total. The van der Waals surface area contributed by atoms with Crippen LogP contribution in [-0.4, -0.2) is 31.8 Å². The molecular formula is C10H21N3O. The SMILES string of the molecule is CC(C)COCCN=C(N)NC1CC1. The van der Waals surface area contributed by atoms with E-state index in [1.165, 1.54) is 12.8 Å². The molecular weight excluding hydrogens is 178 g/mol. The zero-order chi connectivity index (χ0) is 10.4. The predicted molar refractivity (Wildman–Crippen MR) is 58.3 cm³/mol. The largest absolute Gasteiger partial charge is 0.379 e. The molecule has 14 heavy (non-hydrogen) atoms. The average Bonchev–Trinajstić information content (AvgIpc) is 2.87. The molecule has 0 aromatic carbocycles. The molecule has 0 amide bonds. The zero-order valence-corrected chi connectivity index (χ0v) is 9.12. The number of hydrogen-bond acceptors (Lipinski definition) is 2. The van der Waals surface area contributed by atoms with Crippen molar-refractivity contribution in [2.45, 2.75) is 32.7 Å². The Morgan fingerprint density at radius 3 is 2.86 bits per heavy atom. The van der Waals surface area contributed by atoms with E-state index in [9.17, 15) is 0 Å². The summed E-state index contributed by atoms with van der Waals surface area (Å²) in [5.41, 5.74) is 5.64. The summed E-state index contributed by atoms with van der Waals surface area (Å²) in [5.74, 6) is 1.14. The highest BCUT2D eigenvalue weighted by Gasteiger charge is 2.21. The Morgan fingerprint density at radius 1 is 1.57 bits per heavy atom. The Morgan fingerprint density at radius 2 is 2.29 bits per heavy atom. The second-order valence-corrected chi connectivity index (χ2v) is 4.15. The van der Waals surface area contributed by atoms with Gasteiger partial charge in [-0.25, -0.2) is 0 Å². The lowest BCUT2D eigenvalue weighted by Crippen LogP contribution is -2.33. The van der Waals surface area contributed by atoms with E-state index in [1.54, 1.807) is 0 Å². The third-order valence-electron chi connectivity index (χ3n) is 1.90. The Balaban J connectivity index is 1.95. The molecule has 82 valence electrons. The van der Waals surface area contributed by atoms with E-state index in [0.717, 1.165) is 6.61 Å². The van der Waals surface area contributed by atoms with Crippen molar-refractivity contribution in [2.24, 2.45) is 16.6 Å². The van der Waals surface area contributed by atoms with Gasteiger partial charge >= 0.3 is 0 Å². The van der Waals surface area contributed by atoms with Crippen molar-refractivity contribution in [1.82, 2.24) is 5.32 Å². The highest BCUT2D eigenvalue weighted by Crippen LogP contribution is 2.17. The molecule has 4 heteroatoms. The quantitative estimate of drug-likeness (QED) is 0.376. The van der Waals surface area contributed by atoms with E-state index >= 15 is 0 Å². The molecule has 0 spiro atoms. The maximum Gasteiger partial charge on any atom is 0.188 e. The van der Waals surface area contributed by atoms with Gasteiger partial charge in [0.15, 0.2) is 5.96 Å². The molecule has 0 unspecified atom stereocenters. The fourth-order valence-corrected chi connectivity index (χ4v) is 1.03. The molecule has 0 radical (unpaired) electrons. The minimum atomic E-state index is 0.556. The van der Waals surface area contributed by atoms with Crippen LogP contribution in [0.25, 0.3) is 0 Å². The van der Waals surface area contributed by atoms with Crippen molar-refractivity contribution < 1.29 is 4.74 Å². The minimum Gasteiger partial charge on any atom is -0.379 e. The fraction of sp³-hybridized carbons (Fsp3) is 0.900. The molecule has 0 aliphatic heterocycles. The first-order valence-corrected chi connectivity index (χ1v) is 5.32. The van der Waals surface area contributed by atoms with Gasteiger partial charge in [-0.2, -0.15) is 0 Å². The van der Waals surface area contributed by atoms with Gasteiger partial charge in [0.05, 0.1) is 13.2 Å². The summed E-state index contributed by atoms with van der Waals surface area (Å²) < 4.78 is 5.38. The van der Waals surface area contributed by atoms with Crippen molar-refractivity contribution in [2.75, 3.05) is 19.8 Å². The summed E-state index contributed by atoms with van der Waals surface area (Å²) in [6.07, 6.45) is 2.44. The van der Waals surface area contributed by atoms with Crippen LogP contribution in [-0.2, 0) is 4.74 Å². The van der Waals surface area contributed by atoms with Gasteiger partial charge in [0.2, 0.25) is 0 Å². The van der Waals surface area contributed by atoms with Crippen LogP contribution in [0.2, 0.25) is 0 Å². The van der Waals surface area contributed by atoms with Crippen molar-refractivity contribution >= 4 is 5.96 Å². The number of hydrogen-bond donors (Lipinski definition) is 2. The van der Waals surface area contributed by atoms with E-state index in [-0.39, 0.29) is 0 Å². The Bertz CT molecular complexity index is 188. The van der Waals surface area contributed by atoms with E-state index in [4.69, 9.17) is 10.5 Å². The Hall–Kier alpha value is -0.770. The average molecular weight is 199 g/mol. The summed E-state index contributed by atoms with van der Waals surface area (Å²) in [4.78, 5) is 4.16. The van der Waals surface area contributed by atoms with Gasteiger partial charge in [-0.1, -0.05) is 13.8 Å². The van der Waals surface area contributed by atoms with E-state index in [0.29, 0.717) is 31.1 Å². The molecule has 1 fully saturated rings. The first-order valence-electron chi connectivity index (χ1n) is 5.32. The molecule has 1 aliphatic rings. The van der Waals surface area contributed by atoms with Gasteiger partial charge in [0.1, 0.15) is 0 Å². The third-order valence-corrected chi connectivity index (χ3v) is 1.90.